The fourth-order valence-electron chi connectivity index (χ4n) is 6.25. The summed E-state index contributed by atoms with van der Waals surface area (Å²) in [6.45, 7) is 24.0. The van der Waals surface area contributed by atoms with Gasteiger partial charge in [0, 0.05) is 0 Å². The molecule has 3 aliphatic rings. The quantitative estimate of drug-likeness (QED) is 0.352. The number of hydrogen-bond donors (Lipinski definition) is 0. The average Bonchev–Trinajstić information content (AvgIpc) is 3.04. The van der Waals surface area contributed by atoms with E-state index in [1.807, 2.05) is 6.92 Å². The molecule has 0 aromatic heterocycles. The second-order valence-electron chi connectivity index (χ2n) is 12.2. The molecule has 34 heavy (non-hydrogen) atoms. The van der Waals surface area contributed by atoms with Crippen LogP contribution in [0.3, 0.4) is 0 Å². The Hall–Kier alpha value is -1.30. The first kappa shape index (κ1) is 32.7. The zero-order valence-corrected chi connectivity index (χ0v) is 22.5. The molecule has 0 amide bonds. The van der Waals surface area contributed by atoms with E-state index in [4.69, 9.17) is 0 Å². The largest absolute Gasteiger partial charge is 0.103 e. The third kappa shape index (κ3) is 8.42. The maximum absolute atomic E-state index is 4.40. The SMILES string of the molecule is C.C.C=C1CC(C)(C)CC/C1=C\C=C1/CCCC2(C)C(C/C=C/C(C)C(C)C)CCC12.C=CC. The Labute approximate surface area is 215 Å². The molecule has 0 aromatic rings. The lowest BCUT2D eigenvalue weighted by Crippen LogP contribution is -2.33. The van der Waals surface area contributed by atoms with E-state index in [1.165, 1.54) is 62.5 Å². The summed E-state index contributed by atoms with van der Waals surface area (Å²) in [4.78, 5) is 0. The highest BCUT2D eigenvalue weighted by molar-refractivity contribution is 5.36. The van der Waals surface area contributed by atoms with Gasteiger partial charge in [-0.25, -0.2) is 0 Å². The monoisotopic (exact) mass is 468 g/mol. The van der Waals surface area contributed by atoms with Crippen molar-refractivity contribution >= 4 is 0 Å². The number of rotatable bonds is 5. The van der Waals surface area contributed by atoms with Crippen molar-refractivity contribution in [2.45, 2.75) is 121 Å². The Morgan fingerprint density at radius 1 is 1.00 bits per heavy atom. The summed E-state index contributed by atoms with van der Waals surface area (Å²) >= 11 is 0. The fraction of sp³-hybridized carbons (Fsp3) is 0.706. The van der Waals surface area contributed by atoms with E-state index in [2.05, 4.69) is 79.0 Å². The lowest BCUT2D eigenvalue weighted by molar-refractivity contribution is 0.137. The Morgan fingerprint density at radius 2 is 1.65 bits per heavy atom. The maximum Gasteiger partial charge on any atom is -0.0143 e. The number of fused-ring (bicyclic) bond motifs is 1. The van der Waals surface area contributed by atoms with E-state index in [1.54, 1.807) is 11.6 Å². The van der Waals surface area contributed by atoms with Gasteiger partial charge in [0.1, 0.15) is 0 Å². The van der Waals surface area contributed by atoms with E-state index in [0.717, 1.165) is 24.2 Å². The molecule has 0 N–H and O–H groups in total. The van der Waals surface area contributed by atoms with Crippen LogP contribution in [-0.2, 0) is 0 Å². The first-order valence-corrected chi connectivity index (χ1v) is 13.4. The van der Waals surface area contributed by atoms with Crippen molar-refractivity contribution < 1.29 is 0 Å². The summed E-state index contributed by atoms with van der Waals surface area (Å²) in [5.74, 6) is 3.12. The van der Waals surface area contributed by atoms with Gasteiger partial charge in [0.05, 0.1) is 0 Å². The predicted molar refractivity (Wildman–Crippen MR) is 158 cm³/mol. The zero-order chi connectivity index (χ0) is 23.9. The van der Waals surface area contributed by atoms with E-state index in [0.29, 0.717) is 16.7 Å². The third-order valence-corrected chi connectivity index (χ3v) is 8.79. The summed E-state index contributed by atoms with van der Waals surface area (Å²) in [6.07, 6.45) is 23.6. The molecule has 0 spiro atoms. The molecule has 3 aliphatic carbocycles. The molecule has 0 nitrogen and oxygen atoms in total. The van der Waals surface area contributed by atoms with Gasteiger partial charge in [-0.2, -0.15) is 0 Å². The molecule has 0 heterocycles. The maximum atomic E-state index is 4.40. The Kier molecular flexibility index (Phi) is 13.8. The van der Waals surface area contributed by atoms with Crippen LogP contribution in [0.15, 0.2) is 60.3 Å². The van der Waals surface area contributed by atoms with Crippen LogP contribution in [0.25, 0.3) is 0 Å². The lowest BCUT2D eigenvalue weighted by atomic mass is 9.63. The van der Waals surface area contributed by atoms with E-state index in [-0.39, 0.29) is 14.9 Å². The minimum absolute atomic E-state index is 0. The van der Waals surface area contributed by atoms with Crippen LogP contribution in [0.1, 0.15) is 121 Å². The van der Waals surface area contributed by atoms with Gasteiger partial charge in [0.25, 0.3) is 0 Å². The van der Waals surface area contributed by atoms with Crippen molar-refractivity contribution in [3.63, 3.8) is 0 Å². The van der Waals surface area contributed by atoms with Gasteiger partial charge in [-0.1, -0.05) is 105 Å². The molecule has 3 saturated carbocycles. The molecule has 0 saturated heterocycles. The zero-order valence-electron chi connectivity index (χ0n) is 22.5. The van der Waals surface area contributed by atoms with Gasteiger partial charge in [0.2, 0.25) is 0 Å². The predicted octanol–water partition coefficient (Wildman–Crippen LogP) is 11.5. The van der Waals surface area contributed by atoms with E-state index < -0.39 is 0 Å². The highest BCUT2D eigenvalue weighted by atomic mass is 14.5. The van der Waals surface area contributed by atoms with Crippen molar-refractivity contribution in [2.75, 3.05) is 0 Å². The number of hydrogen-bond acceptors (Lipinski definition) is 0. The molecular formula is C34H60. The Balaban J connectivity index is 0.00000207. The standard InChI is InChI=1S/C29H46.C3H6.2CH4/c1-21(2)22(3)10-8-12-26-15-16-27-25(11-9-18-29(26,27)7)14-13-24-17-19-28(5,6)20-23(24)4;1-3-2;;/h8,10,13-14,21-22,26-27H,4,9,11-12,15-20H2,1-3,5-7H3;3H,1H2,2H3;2*1H4/b10-8+,24-13+,25-14+;;;. The van der Waals surface area contributed by atoms with Crippen LogP contribution in [0.2, 0.25) is 0 Å². The minimum atomic E-state index is 0. The van der Waals surface area contributed by atoms with Crippen molar-refractivity contribution in [3.05, 3.63) is 60.3 Å². The first-order valence-electron chi connectivity index (χ1n) is 13.4. The molecule has 0 aromatic carbocycles. The molecule has 0 heteroatoms. The molecule has 3 rings (SSSR count). The number of allylic oxidation sites excluding steroid dienone is 8. The van der Waals surface area contributed by atoms with Gasteiger partial charge in [-0.15, -0.1) is 6.58 Å². The normalized spacial score (nSPS) is 31.4. The van der Waals surface area contributed by atoms with Crippen molar-refractivity contribution in [2.24, 2.45) is 34.5 Å². The highest BCUT2D eigenvalue weighted by Crippen LogP contribution is 2.58. The summed E-state index contributed by atoms with van der Waals surface area (Å²) in [6, 6.07) is 0. The molecule has 4 atom stereocenters. The van der Waals surface area contributed by atoms with Crippen molar-refractivity contribution in [1.29, 1.82) is 0 Å². The summed E-state index contributed by atoms with van der Waals surface area (Å²) in [5, 5.41) is 0. The second kappa shape index (κ2) is 14.3. The van der Waals surface area contributed by atoms with Crippen molar-refractivity contribution in [1.82, 2.24) is 0 Å². The Bertz CT molecular complexity index is 725. The fourth-order valence-corrected chi connectivity index (χ4v) is 6.25. The molecule has 4 unspecified atom stereocenters. The summed E-state index contributed by atoms with van der Waals surface area (Å²) in [5.41, 5.74) is 5.59. The molecule has 0 aliphatic heterocycles. The van der Waals surface area contributed by atoms with Crippen molar-refractivity contribution in [3.8, 4) is 0 Å². The first-order chi connectivity index (χ1) is 15.0. The van der Waals surface area contributed by atoms with E-state index in [9.17, 15) is 0 Å². The highest BCUT2D eigenvalue weighted by Gasteiger charge is 2.48. The van der Waals surface area contributed by atoms with Crippen LogP contribution in [0.4, 0.5) is 0 Å². The van der Waals surface area contributed by atoms with Gasteiger partial charge in [0.15, 0.2) is 0 Å². The van der Waals surface area contributed by atoms with Crippen LogP contribution in [0.5, 0.6) is 0 Å². The third-order valence-electron chi connectivity index (χ3n) is 8.79. The van der Waals surface area contributed by atoms with Crippen LogP contribution >= 0.6 is 0 Å². The topological polar surface area (TPSA) is 0 Å². The molecule has 0 bridgehead atoms. The lowest BCUT2D eigenvalue weighted by Gasteiger charge is -2.42. The smallest absolute Gasteiger partial charge is 0.0143 e. The molecule has 3 fully saturated rings. The molecular weight excluding hydrogens is 408 g/mol. The summed E-state index contributed by atoms with van der Waals surface area (Å²) in [7, 11) is 0. The summed E-state index contributed by atoms with van der Waals surface area (Å²) < 4.78 is 0. The molecule has 0 radical (unpaired) electrons. The van der Waals surface area contributed by atoms with Gasteiger partial charge >= 0.3 is 0 Å². The minimum Gasteiger partial charge on any atom is -0.103 e. The Morgan fingerprint density at radius 3 is 2.24 bits per heavy atom. The van der Waals surface area contributed by atoms with Crippen LogP contribution in [0, 0.1) is 34.5 Å². The van der Waals surface area contributed by atoms with Gasteiger partial charge in [-0.3, -0.25) is 0 Å². The average molecular weight is 469 g/mol. The van der Waals surface area contributed by atoms with Crippen LogP contribution in [-0.4, -0.2) is 0 Å². The van der Waals surface area contributed by atoms with E-state index >= 15 is 0 Å². The van der Waals surface area contributed by atoms with Gasteiger partial charge < -0.3 is 0 Å². The molecule has 196 valence electrons. The second-order valence-corrected chi connectivity index (χ2v) is 12.2. The van der Waals surface area contributed by atoms with Gasteiger partial charge in [-0.05, 0) is 105 Å². The van der Waals surface area contributed by atoms with Crippen LogP contribution < -0.4 is 0 Å².